The Balaban J connectivity index is 1.55. The van der Waals surface area contributed by atoms with Gasteiger partial charge in [-0.2, -0.15) is 13.2 Å². The molecule has 0 atom stereocenters. The number of nitrogens with one attached hydrogen (secondary N) is 1. The first-order valence-corrected chi connectivity index (χ1v) is 11.2. The average molecular weight is 536 g/mol. The van der Waals surface area contributed by atoms with Crippen molar-refractivity contribution in [3.8, 4) is 10.6 Å². The molecule has 0 aliphatic heterocycles. The number of rotatable bonds is 6. The summed E-state index contributed by atoms with van der Waals surface area (Å²) in [5.41, 5.74) is -1.88. The second-order valence-corrected chi connectivity index (χ2v) is 9.00. The van der Waals surface area contributed by atoms with E-state index in [1.807, 2.05) is 5.32 Å². The number of ether oxygens (including phenoxy) is 1. The van der Waals surface area contributed by atoms with E-state index in [1.165, 1.54) is 17.4 Å². The highest BCUT2D eigenvalue weighted by molar-refractivity contribution is 7.19. The Hall–Kier alpha value is -4.03. The summed E-state index contributed by atoms with van der Waals surface area (Å²) >= 11 is 7.24. The summed E-state index contributed by atoms with van der Waals surface area (Å²) in [6, 6.07) is 13.5. The number of carbonyl (C=O) groups is 2. The van der Waals surface area contributed by atoms with Gasteiger partial charge in [-0.1, -0.05) is 29.8 Å². The van der Waals surface area contributed by atoms with E-state index >= 15 is 0 Å². The van der Waals surface area contributed by atoms with E-state index in [0.29, 0.717) is 31.9 Å². The van der Waals surface area contributed by atoms with Crippen LogP contribution in [0.4, 0.5) is 24.5 Å². The van der Waals surface area contributed by atoms with Crippen LogP contribution in [0, 0.1) is 10.1 Å². The number of benzene rings is 2. The number of fused-ring (bicyclic) bond motifs is 1. The van der Waals surface area contributed by atoms with Crippen LogP contribution in [0.5, 0.6) is 0 Å². The van der Waals surface area contributed by atoms with Gasteiger partial charge in [-0.3, -0.25) is 14.9 Å². The van der Waals surface area contributed by atoms with Crippen molar-refractivity contribution < 1.29 is 32.4 Å². The molecule has 0 spiro atoms. The van der Waals surface area contributed by atoms with Gasteiger partial charge in [0.1, 0.15) is 0 Å². The van der Waals surface area contributed by atoms with Crippen molar-refractivity contribution in [1.29, 1.82) is 0 Å². The van der Waals surface area contributed by atoms with Crippen molar-refractivity contribution in [3.63, 3.8) is 0 Å². The number of thiophene rings is 1. The number of carbonyl (C=O) groups excluding carboxylic acids is 2. The van der Waals surface area contributed by atoms with Gasteiger partial charge in [0.15, 0.2) is 6.61 Å². The fourth-order valence-corrected chi connectivity index (χ4v) is 4.31. The normalized spacial score (nSPS) is 11.3. The van der Waals surface area contributed by atoms with Crippen LogP contribution in [0.15, 0.2) is 60.7 Å². The second kappa shape index (κ2) is 9.91. The van der Waals surface area contributed by atoms with Crippen LogP contribution in [0.25, 0.3) is 21.5 Å². The van der Waals surface area contributed by atoms with E-state index in [-0.39, 0.29) is 5.56 Å². The number of hydrogen-bond donors (Lipinski definition) is 1. The van der Waals surface area contributed by atoms with E-state index in [0.717, 1.165) is 12.1 Å². The number of para-hydroxylation sites is 1. The molecule has 0 saturated heterocycles. The number of nitro groups is 1. The first kappa shape index (κ1) is 25.1. The molecule has 1 N–H and O–H groups in total. The molecule has 13 heteroatoms. The third kappa shape index (κ3) is 5.44. The number of anilines is 1. The number of amides is 1. The van der Waals surface area contributed by atoms with Crippen LogP contribution in [0.2, 0.25) is 4.34 Å². The van der Waals surface area contributed by atoms with Gasteiger partial charge in [-0.25, -0.2) is 9.78 Å². The zero-order valence-corrected chi connectivity index (χ0v) is 19.4. The molecule has 0 bridgehead atoms. The molecule has 2 heterocycles. The molecule has 4 rings (SSSR count). The predicted molar refractivity (Wildman–Crippen MR) is 127 cm³/mol. The zero-order valence-electron chi connectivity index (χ0n) is 17.8. The highest BCUT2D eigenvalue weighted by atomic mass is 35.5. The summed E-state index contributed by atoms with van der Waals surface area (Å²) in [4.78, 5) is 40.2. The Morgan fingerprint density at radius 2 is 1.86 bits per heavy atom. The second-order valence-electron chi connectivity index (χ2n) is 7.29. The summed E-state index contributed by atoms with van der Waals surface area (Å²) in [5.74, 6) is -1.96. The van der Waals surface area contributed by atoms with Crippen molar-refractivity contribution in [2.45, 2.75) is 6.18 Å². The summed E-state index contributed by atoms with van der Waals surface area (Å²) < 4.78 is 45.6. The van der Waals surface area contributed by atoms with Gasteiger partial charge in [-0.05, 0) is 30.3 Å². The minimum atomic E-state index is -4.97. The fourth-order valence-electron chi connectivity index (χ4n) is 3.31. The largest absolute Gasteiger partial charge is 0.452 e. The number of hydrogen-bond acceptors (Lipinski definition) is 7. The van der Waals surface area contributed by atoms with Crippen LogP contribution in [-0.2, 0) is 15.7 Å². The SMILES string of the molecule is O=C(COC(=O)c1cc(-c2ccc(Cl)s2)nc2ccccc12)Nc1ccc([N+](=O)[O-])cc1C(F)(F)F. The number of aromatic nitrogens is 1. The monoisotopic (exact) mass is 535 g/mol. The summed E-state index contributed by atoms with van der Waals surface area (Å²) in [5, 5.41) is 13.2. The minimum Gasteiger partial charge on any atom is -0.452 e. The predicted octanol–water partition coefficient (Wildman–Crippen LogP) is 6.34. The maximum atomic E-state index is 13.3. The lowest BCUT2D eigenvalue weighted by Crippen LogP contribution is -2.23. The lowest BCUT2D eigenvalue weighted by atomic mass is 10.1. The number of nitrogens with zero attached hydrogens (tertiary/aromatic N) is 2. The molecule has 4 aromatic rings. The topological polar surface area (TPSA) is 111 Å². The van der Waals surface area contributed by atoms with Gasteiger partial charge >= 0.3 is 12.1 Å². The van der Waals surface area contributed by atoms with Crippen molar-refractivity contribution in [3.05, 3.63) is 86.2 Å². The smallest absolute Gasteiger partial charge is 0.418 e. The van der Waals surface area contributed by atoms with Crippen molar-refractivity contribution in [1.82, 2.24) is 4.98 Å². The lowest BCUT2D eigenvalue weighted by Gasteiger charge is -2.14. The molecule has 0 aliphatic rings. The first-order chi connectivity index (χ1) is 17.0. The number of alkyl halides is 3. The summed E-state index contributed by atoms with van der Waals surface area (Å²) in [7, 11) is 0. The Labute approximate surface area is 209 Å². The highest BCUT2D eigenvalue weighted by Gasteiger charge is 2.35. The van der Waals surface area contributed by atoms with Crippen LogP contribution in [0.3, 0.4) is 0 Å². The van der Waals surface area contributed by atoms with Gasteiger partial charge in [0.05, 0.1) is 42.2 Å². The first-order valence-electron chi connectivity index (χ1n) is 10.0. The Bertz CT molecular complexity index is 1510. The lowest BCUT2D eigenvalue weighted by molar-refractivity contribution is -0.385. The van der Waals surface area contributed by atoms with Gasteiger partial charge in [-0.15, -0.1) is 11.3 Å². The molecule has 0 aliphatic carbocycles. The molecule has 0 fully saturated rings. The minimum absolute atomic E-state index is 0.0965. The maximum Gasteiger partial charge on any atom is 0.418 e. The number of esters is 1. The third-order valence-corrected chi connectivity index (χ3v) is 6.14. The Kier molecular flexibility index (Phi) is 6.91. The number of halogens is 4. The number of pyridine rings is 1. The zero-order chi connectivity index (χ0) is 26.0. The third-order valence-electron chi connectivity index (χ3n) is 4.89. The molecule has 0 saturated carbocycles. The van der Waals surface area contributed by atoms with Gasteiger partial charge in [0.2, 0.25) is 0 Å². The van der Waals surface area contributed by atoms with Crippen LogP contribution in [0.1, 0.15) is 15.9 Å². The van der Waals surface area contributed by atoms with E-state index < -0.39 is 46.5 Å². The molecule has 2 aromatic heterocycles. The van der Waals surface area contributed by atoms with Crippen LogP contribution < -0.4 is 5.32 Å². The molecule has 184 valence electrons. The van der Waals surface area contributed by atoms with Gasteiger partial charge in [0, 0.05) is 17.5 Å². The number of non-ortho nitro benzene ring substituents is 1. The van der Waals surface area contributed by atoms with Gasteiger partial charge < -0.3 is 10.1 Å². The summed E-state index contributed by atoms with van der Waals surface area (Å²) in [6.07, 6.45) is -4.97. The van der Waals surface area contributed by atoms with Gasteiger partial charge in [0.25, 0.3) is 11.6 Å². The van der Waals surface area contributed by atoms with Crippen LogP contribution >= 0.6 is 22.9 Å². The molecule has 1 amide bonds. The quantitative estimate of drug-likeness (QED) is 0.175. The molecule has 0 radical (unpaired) electrons. The van der Waals surface area contributed by atoms with E-state index in [9.17, 15) is 32.9 Å². The molecule has 0 unspecified atom stereocenters. The maximum absolute atomic E-state index is 13.3. The fraction of sp³-hybridized carbons (Fsp3) is 0.0870. The molecule has 2 aromatic carbocycles. The number of nitro benzene ring substituents is 1. The molecular weight excluding hydrogens is 523 g/mol. The highest BCUT2D eigenvalue weighted by Crippen LogP contribution is 2.37. The average Bonchev–Trinajstić information content (AvgIpc) is 3.27. The Morgan fingerprint density at radius 3 is 2.53 bits per heavy atom. The van der Waals surface area contributed by atoms with Crippen molar-refractivity contribution in [2.75, 3.05) is 11.9 Å². The van der Waals surface area contributed by atoms with Crippen molar-refractivity contribution in [2.24, 2.45) is 0 Å². The van der Waals surface area contributed by atoms with E-state index in [2.05, 4.69) is 4.98 Å². The molecule has 36 heavy (non-hydrogen) atoms. The summed E-state index contributed by atoms with van der Waals surface area (Å²) in [6.45, 7) is -0.899. The van der Waals surface area contributed by atoms with Crippen molar-refractivity contribution >= 4 is 57.1 Å². The molecule has 8 nitrogen and oxygen atoms in total. The van der Waals surface area contributed by atoms with E-state index in [4.69, 9.17) is 16.3 Å². The standard InChI is InChI=1S/C23H13ClF3N3O5S/c24-20-8-7-19(36-20)18-10-14(13-3-1-2-4-16(13)28-18)22(32)35-11-21(31)29-17-6-5-12(30(33)34)9-15(17)23(25,26)27/h1-10H,11H2,(H,29,31). The molecular formula is C23H13ClF3N3O5S. The van der Waals surface area contributed by atoms with E-state index in [1.54, 1.807) is 36.4 Å². The van der Waals surface area contributed by atoms with Crippen LogP contribution in [-0.4, -0.2) is 28.4 Å². The Morgan fingerprint density at radius 1 is 1.11 bits per heavy atom.